The first-order chi connectivity index (χ1) is 13.3. The summed E-state index contributed by atoms with van der Waals surface area (Å²) in [7, 11) is 0. The van der Waals surface area contributed by atoms with Crippen LogP contribution in [0.2, 0.25) is 0 Å². The van der Waals surface area contributed by atoms with Crippen LogP contribution in [0.5, 0.6) is 0 Å². The monoisotopic (exact) mass is 395 g/mol. The van der Waals surface area contributed by atoms with Crippen molar-refractivity contribution in [3.8, 4) is 23.3 Å². The Hall–Kier alpha value is -2.82. The summed E-state index contributed by atoms with van der Waals surface area (Å²) in [5, 5.41) is 17.8. The van der Waals surface area contributed by atoms with E-state index in [1.165, 1.54) is 18.5 Å². The van der Waals surface area contributed by atoms with Crippen LogP contribution in [0.4, 0.5) is 5.69 Å². The van der Waals surface area contributed by atoms with Crippen LogP contribution in [0.3, 0.4) is 0 Å². The van der Waals surface area contributed by atoms with E-state index in [1.807, 2.05) is 21.5 Å². The molecule has 0 aliphatic carbocycles. The third kappa shape index (κ3) is 3.15. The average molecular weight is 396 g/mol. The second kappa shape index (κ2) is 7.66. The summed E-state index contributed by atoms with van der Waals surface area (Å²) < 4.78 is 4.05. The molecule has 2 aliphatic heterocycles. The summed E-state index contributed by atoms with van der Waals surface area (Å²) in [4.78, 5) is 6.83. The first-order valence-corrected chi connectivity index (χ1v) is 9.44. The summed E-state index contributed by atoms with van der Waals surface area (Å²) in [5.74, 6) is 0.801. The molecule has 2 aliphatic rings. The number of nitrogens with one attached hydrogen (secondary N) is 1. The standard InChI is InChI=1S/C20H21N7.ClH/c21-13-15-11-16(3-4-19(15)25-7-1-2-8-25)26-9-6-23-20(26)18-12-17-14-22-5-10-27(17)24-18;/h3-4,6,9,11-12,22H,1-2,5,7-8,10,14H2;1H. The second-order valence-corrected chi connectivity index (χ2v) is 7.05. The van der Waals surface area contributed by atoms with E-state index < -0.39 is 0 Å². The molecule has 0 amide bonds. The van der Waals surface area contributed by atoms with Gasteiger partial charge in [0.1, 0.15) is 11.8 Å². The highest BCUT2D eigenvalue weighted by Gasteiger charge is 2.19. The van der Waals surface area contributed by atoms with E-state index in [2.05, 4.69) is 39.5 Å². The number of anilines is 1. The molecule has 3 aromatic rings. The van der Waals surface area contributed by atoms with Crippen LogP contribution in [-0.2, 0) is 13.1 Å². The first kappa shape index (κ1) is 18.5. The molecule has 8 heteroatoms. The van der Waals surface area contributed by atoms with Crippen molar-refractivity contribution in [1.82, 2.24) is 24.6 Å². The summed E-state index contributed by atoms with van der Waals surface area (Å²) in [6.45, 7) is 4.69. The lowest BCUT2D eigenvalue weighted by Crippen LogP contribution is -2.28. The highest BCUT2D eigenvalue weighted by molar-refractivity contribution is 5.85. The SMILES string of the molecule is Cl.N#Cc1cc(-n2ccnc2-c2cc3n(n2)CCNC3)ccc1N1CCCC1. The number of imidazole rings is 1. The predicted octanol–water partition coefficient (Wildman–Crippen LogP) is 2.73. The van der Waals surface area contributed by atoms with E-state index >= 15 is 0 Å². The van der Waals surface area contributed by atoms with Gasteiger partial charge in [-0.15, -0.1) is 12.4 Å². The molecule has 1 saturated heterocycles. The topological polar surface area (TPSA) is 74.7 Å². The molecule has 0 radical (unpaired) electrons. The first-order valence-electron chi connectivity index (χ1n) is 9.44. The molecule has 0 unspecified atom stereocenters. The molecule has 7 nitrogen and oxygen atoms in total. The van der Waals surface area contributed by atoms with Gasteiger partial charge in [0.2, 0.25) is 0 Å². The maximum atomic E-state index is 9.67. The van der Waals surface area contributed by atoms with Gasteiger partial charge >= 0.3 is 0 Å². The summed E-state index contributed by atoms with van der Waals surface area (Å²) in [6.07, 6.45) is 6.10. The zero-order valence-electron chi connectivity index (χ0n) is 15.5. The third-order valence-electron chi connectivity index (χ3n) is 5.37. The maximum Gasteiger partial charge on any atom is 0.165 e. The average Bonchev–Trinajstić information content (AvgIpc) is 3.47. The third-order valence-corrected chi connectivity index (χ3v) is 5.37. The van der Waals surface area contributed by atoms with E-state index in [4.69, 9.17) is 5.10 Å². The van der Waals surface area contributed by atoms with E-state index in [1.54, 1.807) is 6.20 Å². The van der Waals surface area contributed by atoms with Gasteiger partial charge in [0.15, 0.2) is 5.82 Å². The minimum Gasteiger partial charge on any atom is -0.370 e. The van der Waals surface area contributed by atoms with Crippen LogP contribution in [0.15, 0.2) is 36.7 Å². The van der Waals surface area contributed by atoms with Crippen molar-refractivity contribution < 1.29 is 0 Å². The van der Waals surface area contributed by atoms with Crippen LogP contribution in [0.25, 0.3) is 17.2 Å². The van der Waals surface area contributed by atoms with Crippen molar-refractivity contribution >= 4 is 18.1 Å². The fraction of sp³-hybridized carbons (Fsp3) is 0.350. The minimum atomic E-state index is 0. The number of benzene rings is 1. The smallest absolute Gasteiger partial charge is 0.165 e. The number of nitrogens with zero attached hydrogens (tertiary/aromatic N) is 6. The quantitative estimate of drug-likeness (QED) is 0.738. The molecular weight excluding hydrogens is 374 g/mol. The van der Waals surface area contributed by atoms with Gasteiger partial charge in [0.25, 0.3) is 0 Å². The summed E-state index contributed by atoms with van der Waals surface area (Å²) >= 11 is 0. The highest BCUT2D eigenvalue weighted by Crippen LogP contribution is 2.28. The van der Waals surface area contributed by atoms with Gasteiger partial charge < -0.3 is 10.2 Å². The van der Waals surface area contributed by atoms with Crippen LogP contribution in [-0.4, -0.2) is 39.0 Å². The molecule has 144 valence electrons. The van der Waals surface area contributed by atoms with Crippen molar-refractivity contribution in [2.75, 3.05) is 24.5 Å². The normalized spacial score (nSPS) is 15.8. The lowest BCUT2D eigenvalue weighted by molar-refractivity contribution is 0.476. The van der Waals surface area contributed by atoms with Crippen LogP contribution in [0.1, 0.15) is 24.1 Å². The maximum absolute atomic E-state index is 9.67. The molecule has 0 spiro atoms. The predicted molar refractivity (Wildman–Crippen MR) is 110 cm³/mol. The second-order valence-electron chi connectivity index (χ2n) is 7.05. The van der Waals surface area contributed by atoms with E-state index in [0.29, 0.717) is 5.56 Å². The zero-order chi connectivity index (χ0) is 18.2. The van der Waals surface area contributed by atoms with Gasteiger partial charge in [-0.05, 0) is 37.1 Å². The Balaban J connectivity index is 0.00000192. The fourth-order valence-corrected chi connectivity index (χ4v) is 4.00. The lowest BCUT2D eigenvalue weighted by Gasteiger charge is -2.19. The Bertz CT molecular complexity index is 1000. The van der Waals surface area contributed by atoms with E-state index in [0.717, 1.165) is 55.6 Å². The number of hydrogen-bond donors (Lipinski definition) is 1. The number of aromatic nitrogens is 4. The van der Waals surface area contributed by atoms with Crippen molar-refractivity contribution in [2.24, 2.45) is 0 Å². The molecular formula is C20H22ClN7. The number of halogens is 1. The Morgan fingerprint density at radius 2 is 1.96 bits per heavy atom. The van der Waals surface area contributed by atoms with Gasteiger partial charge in [-0.25, -0.2) is 4.98 Å². The molecule has 28 heavy (non-hydrogen) atoms. The molecule has 2 aromatic heterocycles. The molecule has 1 aromatic carbocycles. The van der Waals surface area contributed by atoms with E-state index in [-0.39, 0.29) is 12.4 Å². The number of nitriles is 1. The molecule has 4 heterocycles. The fourth-order valence-electron chi connectivity index (χ4n) is 4.00. The minimum absolute atomic E-state index is 0. The molecule has 0 atom stereocenters. The Morgan fingerprint density at radius 1 is 1.11 bits per heavy atom. The lowest BCUT2D eigenvalue weighted by atomic mass is 10.1. The molecule has 1 fully saturated rings. The van der Waals surface area contributed by atoms with Crippen molar-refractivity contribution in [2.45, 2.75) is 25.9 Å². The Kier molecular flexibility index (Phi) is 5.07. The number of fused-ring (bicyclic) bond motifs is 1. The summed E-state index contributed by atoms with van der Waals surface area (Å²) in [5.41, 5.74) is 4.71. The molecule has 0 bridgehead atoms. The van der Waals surface area contributed by atoms with Crippen LogP contribution < -0.4 is 10.2 Å². The van der Waals surface area contributed by atoms with Gasteiger partial charge in [-0.1, -0.05) is 0 Å². The van der Waals surface area contributed by atoms with Crippen molar-refractivity contribution in [1.29, 1.82) is 5.26 Å². The largest absolute Gasteiger partial charge is 0.370 e. The van der Waals surface area contributed by atoms with Gasteiger partial charge in [-0.2, -0.15) is 10.4 Å². The van der Waals surface area contributed by atoms with Gasteiger partial charge in [-0.3, -0.25) is 9.25 Å². The zero-order valence-corrected chi connectivity index (χ0v) is 16.3. The summed E-state index contributed by atoms with van der Waals surface area (Å²) in [6, 6.07) is 10.5. The van der Waals surface area contributed by atoms with Crippen LogP contribution >= 0.6 is 12.4 Å². The van der Waals surface area contributed by atoms with Gasteiger partial charge in [0.05, 0.1) is 23.5 Å². The molecule has 5 rings (SSSR count). The van der Waals surface area contributed by atoms with Gasteiger partial charge in [0, 0.05) is 44.3 Å². The van der Waals surface area contributed by atoms with Crippen LogP contribution in [0, 0.1) is 11.3 Å². The Morgan fingerprint density at radius 3 is 2.75 bits per heavy atom. The number of hydrogen-bond acceptors (Lipinski definition) is 5. The van der Waals surface area contributed by atoms with E-state index in [9.17, 15) is 5.26 Å². The van der Waals surface area contributed by atoms with Crippen molar-refractivity contribution in [3.05, 3.63) is 47.9 Å². The molecule has 0 saturated carbocycles. The molecule has 1 N–H and O–H groups in total. The van der Waals surface area contributed by atoms with Crippen molar-refractivity contribution in [3.63, 3.8) is 0 Å². The number of rotatable bonds is 3. The Labute approximate surface area is 170 Å². The highest BCUT2D eigenvalue weighted by atomic mass is 35.5.